The first kappa shape index (κ1) is 9.04. The fraction of sp³-hybridized carbons (Fsp3) is 0.875. The number of aliphatic carboxylic acids is 1. The van der Waals surface area contributed by atoms with E-state index in [0.29, 0.717) is 17.2 Å². The number of alkyl halides is 1. The molecule has 0 aromatic heterocycles. The summed E-state index contributed by atoms with van der Waals surface area (Å²) in [5.74, 6) is -0.303. The van der Waals surface area contributed by atoms with Gasteiger partial charge in [0.15, 0.2) is 0 Å². The molecule has 64 valence electrons. The van der Waals surface area contributed by atoms with Crippen molar-refractivity contribution >= 4 is 21.9 Å². The molecule has 3 heteroatoms. The lowest BCUT2D eigenvalue weighted by molar-refractivity contribution is -0.138. The summed E-state index contributed by atoms with van der Waals surface area (Å²) < 4.78 is 0. The van der Waals surface area contributed by atoms with Crippen molar-refractivity contribution in [2.75, 3.05) is 0 Å². The van der Waals surface area contributed by atoms with E-state index in [1.165, 1.54) is 12.8 Å². The van der Waals surface area contributed by atoms with Crippen molar-refractivity contribution in [2.45, 2.75) is 36.9 Å². The van der Waals surface area contributed by atoms with Gasteiger partial charge in [-0.1, -0.05) is 28.8 Å². The third-order valence-corrected chi connectivity index (χ3v) is 3.46. The summed E-state index contributed by atoms with van der Waals surface area (Å²) in [6.07, 6.45) is 4.97. The molecule has 1 saturated carbocycles. The first-order valence-electron chi connectivity index (χ1n) is 4.06. The number of hydrogen-bond donors (Lipinski definition) is 1. The van der Waals surface area contributed by atoms with Gasteiger partial charge in [0.2, 0.25) is 0 Å². The largest absolute Gasteiger partial charge is 0.481 e. The molecule has 2 atom stereocenters. The highest BCUT2D eigenvalue weighted by molar-refractivity contribution is 9.09. The van der Waals surface area contributed by atoms with Crippen molar-refractivity contribution in [1.29, 1.82) is 0 Å². The maximum atomic E-state index is 10.4. The molecule has 1 rings (SSSR count). The Morgan fingerprint density at radius 3 is 2.64 bits per heavy atom. The maximum Gasteiger partial charge on any atom is 0.303 e. The summed E-state index contributed by atoms with van der Waals surface area (Å²) in [6.45, 7) is 0. The van der Waals surface area contributed by atoms with E-state index in [-0.39, 0.29) is 0 Å². The van der Waals surface area contributed by atoms with E-state index < -0.39 is 5.97 Å². The Hall–Kier alpha value is -0.0500. The number of halogens is 1. The van der Waals surface area contributed by atoms with E-state index in [0.717, 1.165) is 12.8 Å². The quantitative estimate of drug-likeness (QED) is 0.727. The van der Waals surface area contributed by atoms with Crippen molar-refractivity contribution in [3.05, 3.63) is 0 Å². The first-order chi connectivity index (χ1) is 5.20. The molecule has 0 heterocycles. The highest BCUT2D eigenvalue weighted by Gasteiger charge is 2.24. The third kappa shape index (κ3) is 2.81. The van der Waals surface area contributed by atoms with Gasteiger partial charge >= 0.3 is 5.97 Å². The second kappa shape index (κ2) is 4.10. The summed E-state index contributed by atoms with van der Waals surface area (Å²) >= 11 is 3.52. The van der Waals surface area contributed by atoms with Crippen LogP contribution >= 0.6 is 15.9 Å². The highest BCUT2D eigenvalue weighted by Crippen LogP contribution is 2.31. The minimum Gasteiger partial charge on any atom is -0.481 e. The Kier molecular flexibility index (Phi) is 3.37. The van der Waals surface area contributed by atoms with E-state index >= 15 is 0 Å². The molecule has 0 aliphatic heterocycles. The van der Waals surface area contributed by atoms with Gasteiger partial charge in [-0.2, -0.15) is 0 Å². The van der Waals surface area contributed by atoms with E-state index in [9.17, 15) is 4.79 Å². The van der Waals surface area contributed by atoms with Gasteiger partial charge in [0, 0.05) is 11.2 Å². The zero-order chi connectivity index (χ0) is 8.27. The van der Waals surface area contributed by atoms with Gasteiger partial charge in [0.05, 0.1) is 0 Å². The van der Waals surface area contributed by atoms with Gasteiger partial charge in [0.25, 0.3) is 0 Å². The molecule has 0 radical (unpaired) electrons. The Bertz CT molecular complexity index is 147. The van der Waals surface area contributed by atoms with Gasteiger partial charge in [-0.15, -0.1) is 0 Å². The molecular weight excluding hydrogens is 208 g/mol. The predicted molar refractivity (Wildman–Crippen MR) is 46.9 cm³/mol. The van der Waals surface area contributed by atoms with Crippen LogP contribution in [0, 0.1) is 5.92 Å². The monoisotopic (exact) mass is 220 g/mol. The van der Waals surface area contributed by atoms with Gasteiger partial charge in [0.1, 0.15) is 0 Å². The van der Waals surface area contributed by atoms with E-state index in [2.05, 4.69) is 15.9 Å². The van der Waals surface area contributed by atoms with Crippen molar-refractivity contribution in [1.82, 2.24) is 0 Å². The minimum absolute atomic E-state index is 0.329. The average molecular weight is 221 g/mol. The van der Waals surface area contributed by atoms with Crippen molar-refractivity contribution < 1.29 is 9.90 Å². The fourth-order valence-electron chi connectivity index (χ4n) is 1.62. The van der Waals surface area contributed by atoms with E-state index in [4.69, 9.17) is 5.11 Å². The van der Waals surface area contributed by atoms with Gasteiger partial charge in [-0.3, -0.25) is 4.79 Å². The molecule has 0 bridgehead atoms. The van der Waals surface area contributed by atoms with Crippen molar-refractivity contribution in [3.8, 4) is 0 Å². The summed E-state index contributed by atoms with van der Waals surface area (Å²) in [5, 5.41) is 8.56. The standard InChI is InChI=1S/C8H13BrO2/c9-7-4-2-1-3-6(7)5-8(10)11/h6-7H,1-5H2,(H,10,11). The lowest BCUT2D eigenvalue weighted by atomic mass is 9.87. The molecule has 0 aromatic rings. The second-order valence-electron chi connectivity index (χ2n) is 3.16. The maximum absolute atomic E-state index is 10.4. The molecule has 1 aliphatic rings. The Balaban J connectivity index is 2.35. The van der Waals surface area contributed by atoms with Gasteiger partial charge in [-0.05, 0) is 18.8 Å². The van der Waals surface area contributed by atoms with Crippen molar-refractivity contribution in [2.24, 2.45) is 5.92 Å². The van der Waals surface area contributed by atoms with Crippen LogP contribution in [0.3, 0.4) is 0 Å². The van der Waals surface area contributed by atoms with E-state index in [1.807, 2.05) is 0 Å². The predicted octanol–water partition coefficient (Wildman–Crippen LogP) is 2.41. The third-order valence-electron chi connectivity index (χ3n) is 2.25. The van der Waals surface area contributed by atoms with Crippen LogP contribution in [0.4, 0.5) is 0 Å². The van der Waals surface area contributed by atoms with E-state index in [1.54, 1.807) is 0 Å². The van der Waals surface area contributed by atoms with Gasteiger partial charge < -0.3 is 5.11 Å². The van der Waals surface area contributed by atoms with Gasteiger partial charge in [-0.25, -0.2) is 0 Å². The summed E-state index contributed by atoms with van der Waals surface area (Å²) in [6, 6.07) is 0. The number of carboxylic acids is 1. The molecule has 1 fully saturated rings. The highest BCUT2D eigenvalue weighted by atomic mass is 79.9. The Labute approximate surface area is 75.1 Å². The van der Waals surface area contributed by atoms with Crippen LogP contribution in [0.2, 0.25) is 0 Å². The molecule has 0 aromatic carbocycles. The normalized spacial score (nSPS) is 31.7. The zero-order valence-electron chi connectivity index (χ0n) is 6.42. The lowest BCUT2D eigenvalue weighted by Gasteiger charge is -2.25. The first-order valence-corrected chi connectivity index (χ1v) is 4.97. The lowest BCUT2D eigenvalue weighted by Crippen LogP contribution is -2.21. The summed E-state index contributed by atoms with van der Waals surface area (Å²) in [7, 11) is 0. The molecular formula is C8H13BrO2. The smallest absolute Gasteiger partial charge is 0.303 e. The van der Waals surface area contributed by atoms with Crippen LogP contribution in [-0.2, 0) is 4.79 Å². The molecule has 2 nitrogen and oxygen atoms in total. The molecule has 1 aliphatic carbocycles. The van der Waals surface area contributed by atoms with Crippen LogP contribution in [0.25, 0.3) is 0 Å². The molecule has 1 N–H and O–H groups in total. The number of rotatable bonds is 2. The number of carbonyl (C=O) groups is 1. The number of carboxylic acid groups (broad SMARTS) is 1. The number of hydrogen-bond acceptors (Lipinski definition) is 1. The second-order valence-corrected chi connectivity index (χ2v) is 4.33. The molecule has 11 heavy (non-hydrogen) atoms. The fourth-order valence-corrected chi connectivity index (χ4v) is 2.39. The van der Waals surface area contributed by atoms with Crippen LogP contribution < -0.4 is 0 Å². The van der Waals surface area contributed by atoms with Crippen molar-refractivity contribution in [3.63, 3.8) is 0 Å². The molecule has 0 saturated heterocycles. The van der Waals surface area contributed by atoms with Crippen LogP contribution in [0.1, 0.15) is 32.1 Å². The van der Waals surface area contributed by atoms with Crippen LogP contribution in [-0.4, -0.2) is 15.9 Å². The molecule has 0 amide bonds. The van der Waals surface area contributed by atoms with Crippen LogP contribution in [0.5, 0.6) is 0 Å². The zero-order valence-corrected chi connectivity index (χ0v) is 8.01. The van der Waals surface area contributed by atoms with Crippen LogP contribution in [0.15, 0.2) is 0 Å². The minimum atomic E-state index is -0.665. The molecule has 0 spiro atoms. The Morgan fingerprint density at radius 1 is 1.45 bits per heavy atom. The SMILES string of the molecule is O=C(O)CC1CCCCC1Br. The Morgan fingerprint density at radius 2 is 2.09 bits per heavy atom. The summed E-state index contributed by atoms with van der Waals surface area (Å²) in [4.78, 5) is 10.8. The topological polar surface area (TPSA) is 37.3 Å². The average Bonchev–Trinajstić information content (AvgIpc) is 1.93. The summed E-state index contributed by atoms with van der Waals surface area (Å²) in [5.41, 5.74) is 0. The molecule has 2 unspecified atom stereocenters.